The van der Waals surface area contributed by atoms with E-state index < -0.39 is 0 Å². The lowest BCUT2D eigenvalue weighted by Gasteiger charge is -2.31. The van der Waals surface area contributed by atoms with E-state index in [-0.39, 0.29) is 0 Å². The van der Waals surface area contributed by atoms with Crippen LogP contribution in [0.5, 0.6) is 0 Å². The molecule has 108 valence electrons. The van der Waals surface area contributed by atoms with Crippen molar-refractivity contribution < 1.29 is 4.74 Å². The van der Waals surface area contributed by atoms with Gasteiger partial charge in [0.1, 0.15) is 0 Å². The molecule has 0 radical (unpaired) electrons. The predicted octanol–water partition coefficient (Wildman–Crippen LogP) is 4.32. The van der Waals surface area contributed by atoms with Crippen molar-refractivity contribution in [2.75, 3.05) is 0 Å². The minimum absolute atomic E-state index is 0.408. The minimum atomic E-state index is 0.408. The van der Waals surface area contributed by atoms with Crippen LogP contribution in [0.1, 0.15) is 51.4 Å². The highest BCUT2D eigenvalue weighted by Gasteiger charge is 2.25. The molecular weight excluding hydrogens is 304 g/mol. The van der Waals surface area contributed by atoms with Crippen molar-refractivity contribution in [3.05, 3.63) is 15.9 Å². The second-order valence-corrected chi connectivity index (χ2v) is 6.81. The smallest absolute Gasteiger partial charge is 0.0900 e. The average molecular weight is 329 g/mol. The number of nitrogens with zero attached hydrogens (tertiary/aromatic N) is 2. The summed E-state index contributed by atoms with van der Waals surface area (Å²) >= 11 is 3.63. The highest BCUT2D eigenvalue weighted by atomic mass is 79.9. The van der Waals surface area contributed by atoms with Crippen LogP contribution in [0, 0.1) is 18.8 Å². The second kappa shape index (κ2) is 6.40. The highest BCUT2D eigenvalue weighted by Crippen LogP contribution is 2.31. The molecule has 2 rings (SSSR count). The van der Waals surface area contributed by atoms with Crippen molar-refractivity contribution >= 4 is 15.9 Å². The van der Waals surface area contributed by atoms with E-state index in [0.29, 0.717) is 12.7 Å². The van der Waals surface area contributed by atoms with Crippen molar-refractivity contribution in [3.63, 3.8) is 0 Å². The number of aryl methyl sites for hydroxylation is 2. The molecule has 1 aromatic rings. The van der Waals surface area contributed by atoms with Gasteiger partial charge in [-0.15, -0.1) is 0 Å². The summed E-state index contributed by atoms with van der Waals surface area (Å²) in [6.07, 6.45) is 4.14. The van der Waals surface area contributed by atoms with Crippen molar-refractivity contribution in [1.82, 2.24) is 9.78 Å². The zero-order valence-electron chi connectivity index (χ0n) is 12.4. The molecule has 2 unspecified atom stereocenters. The minimum Gasteiger partial charge on any atom is -0.372 e. The Morgan fingerprint density at radius 2 is 1.89 bits per heavy atom. The number of halogens is 1. The van der Waals surface area contributed by atoms with Gasteiger partial charge in [-0.25, -0.2) is 0 Å². The lowest BCUT2D eigenvalue weighted by Crippen LogP contribution is -2.26. The Labute approximate surface area is 124 Å². The normalized spacial score (nSPS) is 27.7. The van der Waals surface area contributed by atoms with Gasteiger partial charge in [0.25, 0.3) is 0 Å². The topological polar surface area (TPSA) is 27.1 Å². The van der Waals surface area contributed by atoms with E-state index in [2.05, 4.69) is 41.8 Å². The fourth-order valence-electron chi connectivity index (χ4n) is 3.21. The molecule has 0 amide bonds. The van der Waals surface area contributed by atoms with Crippen molar-refractivity contribution in [3.8, 4) is 0 Å². The predicted molar refractivity (Wildman–Crippen MR) is 81.1 cm³/mol. The maximum Gasteiger partial charge on any atom is 0.0900 e. The maximum atomic E-state index is 6.16. The zero-order valence-corrected chi connectivity index (χ0v) is 14.0. The Balaban J connectivity index is 1.98. The van der Waals surface area contributed by atoms with Gasteiger partial charge < -0.3 is 4.74 Å². The van der Waals surface area contributed by atoms with Crippen LogP contribution in [0.25, 0.3) is 0 Å². The summed E-state index contributed by atoms with van der Waals surface area (Å²) in [5.41, 5.74) is 2.22. The first-order valence-corrected chi connectivity index (χ1v) is 8.13. The number of rotatable bonds is 4. The molecular formula is C15H25BrN2O. The number of hydrogen-bond donors (Lipinski definition) is 0. The Hall–Kier alpha value is -0.350. The molecule has 1 aliphatic rings. The third kappa shape index (κ3) is 3.60. The van der Waals surface area contributed by atoms with E-state index in [1.807, 2.05) is 11.6 Å². The van der Waals surface area contributed by atoms with E-state index >= 15 is 0 Å². The quantitative estimate of drug-likeness (QED) is 0.823. The molecule has 19 heavy (non-hydrogen) atoms. The van der Waals surface area contributed by atoms with Gasteiger partial charge in [-0.2, -0.15) is 5.10 Å². The molecule has 2 atom stereocenters. The summed E-state index contributed by atoms with van der Waals surface area (Å²) < 4.78 is 9.30. The monoisotopic (exact) mass is 328 g/mol. The van der Waals surface area contributed by atoms with Crippen LogP contribution < -0.4 is 0 Å². The SMILES string of the molecule is CCn1nc(C)c(Br)c1COC1CC(C)CC(C)C1. The number of aromatic nitrogens is 2. The second-order valence-electron chi connectivity index (χ2n) is 6.01. The molecule has 0 aliphatic heterocycles. The van der Waals surface area contributed by atoms with Gasteiger partial charge in [-0.3, -0.25) is 4.68 Å². The maximum absolute atomic E-state index is 6.16. The fraction of sp³-hybridized carbons (Fsp3) is 0.800. The molecule has 4 heteroatoms. The molecule has 0 saturated heterocycles. The van der Waals surface area contributed by atoms with E-state index in [9.17, 15) is 0 Å². The van der Waals surface area contributed by atoms with Gasteiger partial charge in [0.15, 0.2) is 0 Å². The van der Waals surface area contributed by atoms with Crippen LogP contribution in [0.4, 0.5) is 0 Å². The number of hydrogen-bond acceptors (Lipinski definition) is 2. The third-order valence-corrected chi connectivity index (χ3v) is 5.08. The summed E-state index contributed by atoms with van der Waals surface area (Å²) in [5.74, 6) is 1.57. The molecule has 3 nitrogen and oxygen atoms in total. The summed E-state index contributed by atoms with van der Waals surface area (Å²) in [6, 6.07) is 0. The van der Waals surface area contributed by atoms with Gasteiger partial charge in [-0.05, 0) is 60.9 Å². The fourth-order valence-corrected chi connectivity index (χ4v) is 3.61. The first kappa shape index (κ1) is 15.0. The average Bonchev–Trinajstić information content (AvgIpc) is 2.62. The first-order valence-electron chi connectivity index (χ1n) is 7.34. The van der Waals surface area contributed by atoms with E-state index in [0.717, 1.165) is 28.5 Å². The Morgan fingerprint density at radius 3 is 2.47 bits per heavy atom. The van der Waals surface area contributed by atoms with Crippen LogP contribution in [0.15, 0.2) is 4.47 Å². The van der Waals surface area contributed by atoms with Crippen LogP contribution in [0.3, 0.4) is 0 Å². The molecule has 0 aromatic carbocycles. The molecule has 1 aliphatic carbocycles. The van der Waals surface area contributed by atoms with Crippen LogP contribution in [-0.2, 0) is 17.9 Å². The highest BCUT2D eigenvalue weighted by molar-refractivity contribution is 9.10. The van der Waals surface area contributed by atoms with E-state index in [1.54, 1.807) is 0 Å². The van der Waals surface area contributed by atoms with Crippen LogP contribution in [0.2, 0.25) is 0 Å². The summed E-state index contributed by atoms with van der Waals surface area (Å²) in [7, 11) is 0. The van der Waals surface area contributed by atoms with Gasteiger partial charge in [-0.1, -0.05) is 13.8 Å². The van der Waals surface area contributed by atoms with Gasteiger partial charge in [0.2, 0.25) is 0 Å². The first-order chi connectivity index (χ1) is 9.01. The van der Waals surface area contributed by atoms with Gasteiger partial charge >= 0.3 is 0 Å². The van der Waals surface area contributed by atoms with Crippen LogP contribution >= 0.6 is 15.9 Å². The molecule has 1 heterocycles. The third-order valence-electron chi connectivity index (χ3n) is 4.04. The largest absolute Gasteiger partial charge is 0.372 e. The molecule has 0 bridgehead atoms. The molecule has 0 N–H and O–H groups in total. The lowest BCUT2D eigenvalue weighted by molar-refractivity contribution is -0.0120. The summed E-state index contributed by atoms with van der Waals surface area (Å²) in [4.78, 5) is 0. The molecule has 1 fully saturated rings. The standard InChI is InChI=1S/C15H25BrN2O/c1-5-18-14(15(16)12(4)17-18)9-19-13-7-10(2)6-11(3)8-13/h10-11,13H,5-9H2,1-4H3. The van der Waals surface area contributed by atoms with Gasteiger partial charge in [0, 0.05) is 6.54 Å². The van der Waals surface area contributed by atoms with Crippen molar-refractivity contribution in [2.24, 2.45) is 11.8 Å². The van der Waals surface area contributed by atoms with E-state index in [1.165, 1.54) is 25.0 Å². The lowest BCUT2D eigenvalue weighted by atomic mass is 9.82. The number of ether oxygens (including phenoxy) is 1. The Kier molecular flexibility index (Phi) is 5.07. The summed E-state index contributed by atoms with van der Waals surface area (Å²) in [5, 5.41) is 4.51. The van der Waals surface area contributed by atoms with Gasteiger partial charge in [0.05, 0.1) is 28.6 Å². The van der Waals surface area contributed by atoms with E-state index in [4.69, 9.17) is 4.74 Å². The molecule has 1 aromatic heterocycles. The Bertz CT molecular complexity index is 420. The molecule has 1 saturated carbocycles. The van der Waals surface area contributed by atoms with Crippen molar-refractivity contribution in [1.29, 1.82) is 0 Å². The van der Waals surface area contributed by atoms with Crippen molar-refractivity contribution in [2.45, 2.75) is 66.2 Å². The Morgan fingerprint density at radius 1 is 1.26 bits per heavy atom. The summed E-state index contributed by atoms with van der Waals surface area (Å²) in [6.45, 7) is 10.4. The zero-order chi connectivity index (χ0) is 14.0. The molecule has 0 spiro atoms. The van der Waals surface area contributed by atoms with Crippen LogP contribution in [-0.4, -0.2) is 15.9 Å².